The van der Waals surface area contributed by atoms with E-state index in [4.69, 9.17) is 0 Å². The zero-order valence-corrected chi connectivity index (χ0v) is 19.0. The van der Waals surface area contributed by atoms with E-state index >= 15 is 0 Å². The molecule has 0 N–H and O–H groups in total. The third-order valence-electron chi connectivity index (χ3n) is 7.63. The highest BCUT2D eigenvalue weighted by molar-refractivity contribution is 5.78. The summed E-state index contributed by atoms with van der Waals surface area (Å²) in [6.45, 7) is 13.5. The molecule has 0 aliphatic carbocycles. The Morgan fingerprint density at radius 1 is 0.867 bits per heavy atom. The normalized spacial score (nSPS) is 23.9. The molecule has 1 aromatic rings. The minimum Gasteiger partial charge on any atom is -0.339 e. The summed E-state index contributed by atoms with van der Waals surface area (Å²) in [7, 11) is 0. The van der Waals surface area contributed by atoms with E-state index in [1.807, 2.05) is 0 Å². The van der Waals surface area contributed by atoms with Crippen molar-refractivity contribution in [1.82, 2.24) is 19.6 Å². The van der Waals surface area contributed by atoms with E-state index in [0.717, 1.165) is 45.2 Å². The van der Waals surface area contributed by atoms with Crippen LogP contribution in [-0.4, -0.2) is 96.5 Å². The smallest absolute Gasteiger partial charge is 0.236 e. The highest BCUT2D eigenvalue weighted by atomic mass is 16.2. The molecule has 0 saturated carbocycles. The van der Waals surface area contributed by atoms with Crippen LogP contribution < -0.4 is 0 Å². The van der Waals surface area contributed by atoms with Crippen molar-refractivity contribution in [3.63, 3.8) is 0 Å². The minimum atomic E-state index is 0.334. The number of piperidine rings is 2. The summed E-state index contributed by atoms with van der Waals surface area (Å²) < 4.78 is 0. The van der Waals surface area contributed by atoms with Crippen LogP contribution in [0.25, 0.3) is 0 Å². The van der Waals surface area contributed by atoms with Crippen LogP contribution >= 0.6 is 0 Å². The molecule has 0 spiro atoms. The van der Waals surface area contributed by atoms with Crippen LogP contribution in [0.3, 0.4) is 0 Å². The number of carbonyl (C=O) groups is 1. The largest absolute Gasteiger partial charge is 0.339 e. The van der Waals surface area contributed by atoms with Gasteiger partial charge < -0.3 is 9.80 Å². The lowest BCUT2D eigenvalue weighted by molar-refractivity contribution is -0.134. The average molecular weight is 413 g/mol. The van der Waals surface area contributed by atoms with Crippen molar-refractivity contribution in [2.75, 3.05) is 58.9 Å². The maximum absolute atomic E-state index is 12.8. The van der Waals surface area contributed by atoms with E-state index in [2.05, 4.69) is 63.8 Å². The highest BCUT2D eigenvalue weighted by Gasteiger charge is 2.30. The Labute approximate surface area is 183 Å². The van der Waals surface area contributed by atoms with Gasteiger partial charge in [0.15, 0.2) is 0 Å². The van der Waals surface area contributed by atoms with E-state index in [1.54, 1.807) is 0 Å². The molecular formula is C25H40N4O. The third kappa shape index (κ3) is 5.43. The van der Waals surface area contributed by atoms with Crippen molar-refractivity contribution in [2.45, 2.75) is 57.5 Å². The van der Waals surface area contributed by atoms with Crippen LogP contribution in [-0.2, 0) is 4.79 Å². The Morgan fingerprint density at radius 2 is 1.50 bits per heavy atom. The molecule has 0 unspecified atom stereocenters. The van der Waals surface area contributed by atoms with Gasteiger partial charge in [0.2, 0.25) is 5.91 Å². The Morgan fingerprint density at radius 3 is 2.10 bits per heavy atom. The molecule has 30 heavy (non-hydrogen) atoms. The van der Waals surface area contributed by atoms with Gasteiger partial charge in [-0.3, -0.25) is 14.6 Å². The first-order valence-electron chi connectivity index (χ1n) is 12.1. The van der Waals surface area contributed by atoms with Gasteiger partial charge in [-0.15, -0.1) is 0 Å². The molecule has 3 aliphatic heterocycles. The second-order valence-electron chi connectivity index (χ2n) is 9.74. The van der Waals surface area contributed by atoms with E-state index in [1.165, 1.54) is 44.3 Å². The molecule has 5 nitrogen and oxygen atoms in total. The fourth-order valence-corrected chi connectivity index (χ4v) is 5.54. The molecule has 5 heteroatoms. The molecule has 0 bridgehead atoms. The first-order valence-corrected chi connectivity index (χ1v) is 12.1. The molecule has 3 heterocycles. The summed E-state index contributed by atoms with van der Waals surface area (Å²) in [5, 5.41) is 0. The molecule has 1 amide bonds. The predicted molar refractivity (Wildman–Crippen MR) is 123 cm³/mol. The van der Waals surface area contributed by atoms with Crippen molar-refractivity contribution >= 4 is 5.91 Å². The third-order valence-corrected chi connectivity index (χ3v) is 7.63. The highest BCUT2D eigenvalue weighted by Crippen LogP contribution is 2.30. The van der Waals surface area contributed by atoms with Crippen LogP contribution in [0.4, 0.5) is 0 Å². The Kier molecular flexibility index (Phi) is 7.45. The van der Waals surface area contributed by atoms with Crippen molar-refractivity contribution in [3.05, 3.63) is 35.9 Å². The lowest BCUT2D eigenvalue weighted by Gasteiger charge is -2.42. The van der Waals surface area contributed by atoms with Gasteiger partial charge in [-0.25, -0.2) is 0 Å². The lowest BCUT2D eigenvalue weighted by Crippen LogP contribution is -2.54. The summed E-state index contributed by atoms with van der Waals surface area (Å²) in [6.07, 6.45) is 4.99. The van der Waals surface area contributed by atoms with E-state index in [-0.39, 0.29) is 0 Å². The standard InChI is InChI=1S/C25H40N4O/c1-21(2)27-16-18-29(19-17-27)25(30)20-26-12-10-24(11-13-26)28-14-8-23(9-15-28)22-6-4-3-5-7-22/h3-7,21,23-24H,8-20H2,1-2H3. The summed E-state index contributed by atoms with van der Waals surface area (Å²) in [5.41, 5.74) is 1.51. The van der Waals surface area contributed by atoms with Gasteiger partial charge in [0.1, 0.15) is 0 Å². The molecule has 0 radical (unpaired) electrons. The zero-order chi connectivity index (χ0) is 20.9. The lowest BCUT2D eigenvalue weighted by atomic mass is 9.88. The van der Waals surface area contributed by atoms with Crippen LogP contribution in [0, 0.1) is 0 Å². The molecule has 3 aliphatic rings. The summed E-state index contributed by atoms with van der Waals surface area (Å²) in [4.78, 5) is 22.4. The fraction of sp³-hybridized carbons (Fsp3) is 0.720. The summed E-state index contributed by atoms with van der Waals surface area (Å²) >= 11 is 0. The summed E-state index contributed by atoms with van der Waals surface area (Å²) in [5.74, 6) is 1.07. The zero-order valence-electron chi connectivity index (χ0n) is 19.0. The number of hydrogen-bond donors (Lipinski definition) is 0. The van der Waals surface area contributed by atoms with Crippen molar-refractivity contribution in [1.29, 1.82) is 0 Å². The van der Waals surface area contributed by atoms with Gasteiger partial charge in [-0.05, 0) is 64.1 Å². The van der Waals surface area contributed by atoms with Gasteiger partial charge in [-0.1, -0.05) is 30.3 Å². The van der Waals surface area contributed by atoms with Crippen LogP contribution in [0.15, 0.2) is 30.3 Å². The van der Waals surface area contributed by atoms with Crippen LogP contribution in [0.5, 0.6) is 0 Å². The molecule has 0 aromatic heterocycles. The van der Waals surface area contributed by atoms with E-state index in [0.29, 0.717) is 24.5 Å². The second-order valence-corrected chi connectivity index (χ2v) is 9.74. The number of hydrogen-bond acceptors (Lipinski definition) is 4. The first-order chi connectivity index (χ1) is 14.6. The van der Waals surface area contributed by atoms with Crippen LogP contribution in [0.2, 0.25) is 0 Å². The van der Waals surface area contributed by atoms with Gasteiger partial charge >= 0.3 is 0 Å². The Hall–Kier alpha value is -1.43. The van der Waals surface area contributed by atoms with Gasteiger partial charge in [0.25, 0.3) is 0 Å². The number of benzene rings is 1. The Bertz CT molecular complexity index is 655. The number of piperazine rings is 1. The maximum Gasteiger partial charge on any atom is 0.236 e. The molecule has 4 rings (SSSR count). The minimum absolute atomic E-state index is 0.334. The molecule has 1 aromatic carbocycles. The van der Waals surface area contributed by atoms with E-state index in [9.17, 15) is 4.79 Å². The number of rotatable bonds is 5. The monoisotopic (exact) mass is 412 g/mol. The second kappa shape index (κ2) is 10.3. The van der Waals surface area contributed by atoms with Crippen molar-refractivity contribution in [3.8, 4) is 0 Å². The Balaban J connectivity index is 1.16. The molecule has 0 atom stereocenters. The van der Waals surface area contributed by atoms with Gasteiger partial charge in [0.05, 0.1) is 6.54 Å². The van der Waals surface area contributed by atoms with Gasteiger partial charge in [0, 0.05) is 51.4 Å². The quantitative estimate of drug-likeness (QED) is 0.744. The maximum atomic E-state index is 12.8. The molecule has 3 fully saturated rings. The fourth-order valence-electron chi connectivity index (χ4n) is 5.54. The summed E-state index contributed by atoms with van der Waals surface area (Å²) in [6, 6.07) is 12.3. The number of carbonyl (C=O) groups excluding carboxylic acids is 1. The number of amides is 1. The SMILES string of the molecule is CC(C)N1CCN(C(=O)CN2CCC(N3CCC(c4ccccc4)CC3)CC2)CC1. The average Bonchev–Trinajstić information content (AvgIpc) is 2.80. The molecular weight excluding hydrogens is 372 g/mol. The molecule has 3 saturated heterocycles. The molecule has 166 valence electrons. The van der Waals surface area contributed by atoms with Crippen molar-refractivity contribution < 1.29 is 4.79 Å². The van der Waals surface area contributed by atoms with E-state index < -0.39 is 0 Å². The van der Waals surface area contributed by atoms with Crippen molar-refractivity contribution in [2.24, 2.45) is 0 Å². The predicted octanol–water partition coefficient (Wildman–Crippen LogP) is 2.88. The van der Waals surface area contributed by atoms with Gasteiger partial charge in [-0.2, -0.15) is 0 Å². The van der Waals surface area contributed by atoms with Crippen LogP contribution in [0.1, 0.15) is 51.0 Å². The number of likely N-dealkylation sites (tertiary alicyclic amines) is 2. The topological polar surface area (TPSA) is 30.0 Å². The first kappa shape index (κ1) is 21.8. The number of nitrogens with zero attached hydrogens (tertiary/aromatic N) is 4.